The van der Waals surface area contributed by atoms with Crippen molar-refractivity contribution in [1.29, 1.82) is 0 Å². The van der Waals surface area contributed by atoms with E-state index in [0.29, 0.717) is 37.1 Å². The van der Waals surface area contributed by atoms with Gasteiger partial charge in [0.05, 0.1) is 21.9 Å². The van der Waals surface area contributed by atoms with E-state index in [0.717, 1.165) is 9.90 Å². The highest BCUT2D eigenvalue weighted by molar-refractivity contribution is 8.01. The fourth-order valence-electron chi connectivity index (χ4n) is 2.02. The summed E-state index contributed by atoms with van der Waals surface area (Å²) in [5.74, 6) is 0.334. The van der Waals surface area contributed by atoms with Crippen LogP contribution in [0.4, 0.5) is 5.13 Å². The lowest BCUT2D eigenvalue weighted by atomic mass is 10.3. The molecular weight excluding hydrogens is 332 g/mol. The highest BCUT2D eigenvalue weighted by Crippen LogP contribution is 2.30. The summed E-state index contributed by atoms with van der Waals surface area (Å²) in [7, 11) is -3.16. The number of amides is 1. The van der Waals surface area contributed by atoms with Gasteiger partial charge in [0.2, 0.25) is 15.9 Å². The highest BCUT2D eigenvalue weighted by atomic mass is 32.2. The summed E-state index contributed by atoms with van der Waals surface area (Å²) < 4.78 is 25.2. The van der Waals surface area contributed by atoms with Gasteiger partial charge in [0.1, 0.15) is 0 Å². The third-order valence-electron chi connectivity index (χ3n) is 3.16. The Labute approximate surface area is 132 Å². The van der Waals surface area contributed by atoms with E-state index in [1.807, 2.05) is 6.92 Å². The molecule has 0 aromatic carbocycles. The van der Waals surface area contributed by atoms with Crippen molar-refractivity contribution < 1.29 is 13.2 Å². The molecule has 10 heteroatoms. The number of carbonyl (C=O) groups is 1. The minimum atomic E-state index is -3.16. The number of rotatable bonds is 4. The smallest absolute Gasteiger partial charge is 0.233 e. The Hall–Kier alpha value is -0.840. The van der Waals surface area contributed by atoms with Gasteiger partial charge in [-0.3, -0.25) is 4.79 Å². The fraction of sp³-hybridized carbons (Fsp3) is 0.636. The van der Waals surface area contributed by atoms with Gasteiger partial charge in [-0.15, -0.1) is 11.8 Å². The largest absolute Gasteiger partial charge is 0.375 e. The molecule has 7 nitrogen and oxygen atoms in total. The van der Waals surface area contributed by atoms with E-state index >= 15 is 0 Å². The second-order valence-corrected chi connectivity index (χ2v) is 9.01. The number of nitrogen functional groups attached to an aromatic ring is 1. The first-order valence-electron chi connectivity index (χ1n) is 6.36. The number of carbonyl (C=O) groups excluding carboxylic acids is 1. The zero-order chi connectivity index (χ0) is 15.6. The molecule has 0 saturated carbocycles. The average Bonchev–Trinajstić information content (AvgIpc) is 2.73. The van der Waals surface area contributed by atoms with E-state index in [9.17, 15) is 13.2 Å². The van der Waals surface area contributed by atoms with Crippen LogP contribution in [-0.2, 0) is 14.8 Å². The molecule has 0 atom stereocenters. The molecule has 1 aliphatic rings. The Morgan fingerprint density at radius 3 is 2.48 bits per heavy atom. The van der Waals surface area contributed by atoms with E-state index in [2.05, 4.69) is 4.98 Å². The normalized spacial score (nSPS) is 17.1. The van der Waals surface area contributed by atoms with Crippen molar-refractivity contribution in [2.45, 2.75) is 11.1 Å². The summed E-state index contributed by atoms with van der Waals surface area (Å²) in [5.41, 5.74) is 6.47. The SMILES string of the molecule is Cc1nc(N)sc1SCC(=O)N1CCN(S(C)(=O)=O)CC1. The zero-order valence-electron chi connectivity index (χ0n) is 11.9. The first-order valence-corrected chi connectivity index (χ1v) is 10.0. The third-order valence-corrected chi connectivity index (χ3v) is 6.79. The molecule has 2 N–H and O–H groups in total. The standard InChI is InChI=1S/C11H18N4O3S3/c1-8-10(20-11(12)13-8)19-7-9(16)14-3-5-15(6-4-14)21(2,17)18/h3-7H2,1-2H3,(H2,12,13). The van der Waals surface area contributed by atoms with Crippen molar-refractivity contribution in [3.8, 4) is 0 Å². The lowest BCUT2D eigenvalue weighted by Crippen LogP contribution is -2.50. The van der Waals surface area contributed by atoms with Gasteiger partial charge in [-0.1, -0.05) is 11.3 Å². The predicted molar refractivity (Wildman–Crippen MR) is 85.0 cm³/mol. The molecule has 21 heavy (non-hydrogen) atoms. The number of sulfonamides is 1. The lowest BCUT2D eigenvalue weighted by Gasteiger charge is -2.33. The Balaban J connectivity index is 1.84. The number of thiazole rings is 1. The Kier molecular flexibility index (Phi) is 5.12. The van der Waals surface area contributed by atoms with Crippen molar-refractivity contribution in [3.63, 3.8) is 0 Å². The predicted octanol–water partition coefficient (Wildman–Crippen LogP) is 0.230. The van der Waals surface area contributed by atoms with E-state index < -0.39 is 10.0 Å². The topological polar surface area (TPSA) is 96.6 Å². The molecule has 0 bridgehead atoms. The number of aromatic nitrogens is 1. The molecule has 1 aromatic heterocycles. The summed E-state index contributed by atoms with van der Waals surface area (Å²) >= 11 is 2.81. The maximum atomic E-state index is 12.1. The highest BCUT2D eigenvalue weighted by Gasteiger charge is 2.26. The molecule has 0 radical (unpaired) electrons. The molecule has 1 amide bonds. The summed E-state index contributed by atoms with van der Waals surface area (Å²) in [5, 5.41) is 0.504. The van der Waals surface area contributed by atoms with Gasteiger partial charge >= 0.3 is 0 Å². The van der Waals surface area contributed by atoms with E-state index in [4.69, 9.17) is 5.73 Å². The number of hydrogen-bond acceptors (Lipinski definition) is 7. The maximum absolute atomic E-state index is 12.1. The quantitative estimate of drug-likeness (QED) is 0.781. The first kappa shape index (κ1) is 16.5. The minimum absolute atomic E-state index is 0.0134. The fourth-order valence-corrected chi connectivity index (χ4v) is 4.78. The zero-order valence-corrected chi connectivity index (χ0v) is 14.4. The van der Waals surface area contributed by atoms with E-state index in [1.165, 1.54) is 33.7 Å². The van der Waals surface area contributed by atoms with Crippen LogP contribution in [0.5, 0.6) is 0 Å². The van der Waals surface area contributed by atoms with Gasteiger partial charge in [0, 0.05) is 26.2 Å². The summed E-state index contributed by atoms with van der Waals surface area (Å²) in [4.78, 5) is 18.0. The van der Waals surface area contributed by atoms with Crippen LogP contribution in [0, 0.1) is 6.92 Å². The van der Waals surface area contributed by atoms with Crippen molar-refractivity contribution in [2.24, 2.45) is 0 Å². The first-order chi connectivity index (χ1) is 9.77. The van der Waals surface area contributed by atoms with Crippen molar-refractivity contribution in [2.75, 3.05) is 43.9 Å². The van der Waals surface area contributed by atoms with Gasteiger partial charge in [0.15, 0.2) is 5.13 Å². The van der Waals surface area contributed by atoms with Gasteiger partial charge in [-0.05, 0) is 6.92 Å². The van der Waals surface area contributed by atoms with E-state index in [1.54, 1.807) is 4.90 Å². The summed E-state index contributed by atoms with van der Waals surface area (Å²) in [6.45, 7) is 3.47. The van der Waals surface area contributed by atoms with Crippen LogP contribution in [0.15, 0.2) is 4.21 Å². The number of nitrogens with zero attached hydrogens (tertiary/aromatic N) is 3. The van der Waals surface area contributed by atoms with Gasteiger partial charge in [-0.2, -0.15) is 4.31 Å². The number of aryl methyl sites for hydroxylation is 1. The number of piperazine rings is 1. The molecule has 2 heterocycles. The van der Waals surface area contributed by atoms with Crippen LogP contribution in [0.3, 0.4) is 0 Å². The molecule has 1 aromatic rings. The van der Waals surface area contributed by atoms with E-state index in [-0.39, 0.29) is 5.91 Å². The van der Waals surface area contributed by atoms with Crippen LogP contribution in [-0.4, -0.2) is 66.7 Å². The van der Waals surface area contributed by atoms with Crippen LogP contribution < -0.4 is 5.73 Å². The molecule has 118 valence electrons. The van der Waals surface area contributed by atoms with Crippen LogP contribution in [0.25, 0.3) is 0 Å². The maximum Gasteiger partial charge on any atom is 0.233 e. The Morgan fingerprint density at radius 2 is 2.00 bits per heavy atom. The molecular formula is C11H18N4O3S3. The molecule has 2 rings (SSSR count). The number of nitrogens with two attached hydrogens (primary N) is 1. The molecule has 1 saturated heterocycles. The lowest BCUT2D eigenvalue weighted by molar-refractivity contribution is -0.129. The van der Waals surface area contributed by atoms with Gasteiger partial charge < -0.3 is 10.6 Å². The number of hydrogen-bond donors (Lipinski definition) is 1. The van der Waals surface area contributed by atoms with Crippen molar-refractivity contribution in [3.05, 3.63) is 5.69 Å². The second-order valence-electron chi connectivity index (χ2n) is 4.76. The number of anilines is 1. The molecule has 0 spiro atoms. The minimum Gasteiger partial charge on any atom is -0.375 e. The third kappa shape index (κ3) is 4.31. The monoisotopic (exact) mass is 350 g/mol. The molecule has 0 unspecified atom stereocenters. The summed E-state index contributed by atoms with van der Waals surface area (Å²) in [6, 6.07) is 0. The van der Waals surface area contributed by atoms with Crippen LogP contribution in [0.1, 0.15) is 5.69 Å². The molecule has 1 aliphatic heterocycles. The average molecular weight is 350 g/mol. The molecule has 0 aliphatic carbocycles. The Bertz CT molecular complexity index is 621. The van der Waals surface area contributed by atoms with Crippen molar-refractivity contribution in [1.82, 2.24) is 14.2 Å². The van der Waals surface area contributed by atoms with Gasteiger partial charge in [-0.25, -0.2) is 13.4 Å². The van der Waals surface area contributed by atoms with Crippen molar-refractivity contribution >= 4 is 44.2 Å². The second kappa shape index (κ2) is 6.51. The van der Waals surface area contributed by atoms with Gasteiger partial charge in [0.25, 0.3) is 0 Å². The number of thioether (sulfide) groups is 1. The van der Waals surface area contributed by atoms with Crippen LogP contribution >= 0.6 is 23.1 Å². The molecule has 1 fully saturated rings. The summed E-state index contributed by atoms with van der Waals surface area (Å²) in [6.07, 6.45) is 1.19. The van der Waals surface area contributed by atoms with Crippen LogP contribution in [0.2, 0.25) is 0 Å². The Morgan fingerprint density at radius 1 is 1.38 bits per heavy atom.